The number of hydrogen-bond acceptors (Lipinski definition) is 4. The van der Waals surface area contributed by atoms with Gasteiger partial charge >= 0.3 is 0 Å². The molecule has 0 saturated carbocycles. The molecule has 1 heterocycles. The lowest BCUT2D eigenvalue weighted by molar-refractivity contribution is -0.134. The maximum absolute atomic E-state index is 12.9. The SMILES string of the molecule is COc1ccccc1C1=NO[C@@H](CN(Cc2ccccc2Cl)C(=O)CC(C)C)C1. The van der Waals surface area contributed by atoms with Crippen LogP contribution >= 0.6 is 11.6 Å². The molecule has 0 bridgehead atoms. The van der Waals surface area contributed by atoms with Crippen molar-refractivity contribution in [2.45, 2.75) is 39.3 Å². The Morgan fingerprint density at radius 1 is 1.24 bits per heavy atom. The van der Waals surface area contributed by atoms with Crippen LogP contribution in [0.4, 0.5) is 0 Å². The van der Waals surface area contributed by atoms with Gasteiger partial charge in [0.05, 0.1) is 19.4 Å². The summed E-state index contributed by atoms with van der Waals surface area (Å²) in [5, 5.41) is 4.93. The molecule has 0 radical (unpaired) electrons. The fourth-order valence-electron chi connectivity index (χ4n) is 3.38. The molecule has 0 aliphatic carbocycles. The average Bonchev–Trinajstić information content (AvgIpc) is 3.17. The second kappa shape index (κ2) is 9.79. The Labute approximate surface area is 177 Å². The number of benzene rings is 2. The van der Waals surface area contributed by atoms with Gasteiger partial charge in [-0.25, -0.2) is 0 Å². The van der Waals surface area contributed by atoms with Crippen molar-refractivity contribution in [1.82, 2.24) is 4.90 Å². The highest BCUT2D eigenvalue weighted by atomic mass is 35.5. The molecular weight excluding hydrogens is 388 g/mol. The topological polar surface area (TPSA) is 51.1 Å². The highest BCUT2D eigenvalue weighted by Crippen LogP contribution is 2.26. The van der Waals surface area contributed by atoms with Crippen LogP contribution in [0, 0.1) is 5.92 Å². The number of rotatable bonds is 8. The van der Waals surface area contributed by atoms with Crippen LogP contribution < -0.4 is 4.74 Å². The van der Waals surface area contributed by atoms with E-state index >= 15 is 0 Å². The van der Waals surface area contributed by atoms with Gasteiger partial charge in [0, 0.05) is 30.0 Å². The van der Waals surface area contributed by atoms with Gasteiger partial charge in [-0.3, -0.25) is 4.79 Å². The lowest BCUT2D eigenvalue weighted by atomic mass is 10.0. The number of carbonyl (C=O) groups is 1. The summed E-state index contributed by atoms with van der Waals surface area (Å²) in [5.41, 5.74) is 2.68. The molecule has 2 aromatic rings. The second-order valence-corrected chi connectivity index (χ2v) is 8.04. The van der Waals surface area contributed by atoms with Gasteiger partial charge in [0.2, 0.25) is 5.91 Å². The minimum Gasteiger partial charge on any atom is -0.496 e. The minimum atomic E-state index is -0.200. The molecule has 3 rings (SSSR count). The molecule has 2 aromatic carbocycles. The summed E-state index contributed by atoms with van der Waals surface area (Å²) < 4.78 is 5.43. The number of para-hydroxylation sites is 1. The first-order valence-electron chi connectivity index (χ1n) is 9.85. The van der Waals surface area contributed by atoms with Gasteiger partial charge in [-0.05, 0) is 29.7 Å². The van der Waals surface area contributed by atoms with Gasteiger partial charge in [-0.2, -0.15) is 0 Å². The zero-order valence-electron chi connectivity index (χ0n) is 17.1. The number of nitrogens with zero attached hydrogens (tertiary/aromatic N) is 2. The summed E-state index contributed by atoms with van der Waals surface area (Å²) >= 11 is 6.33. The van der Waals surface area contributed by atoms with Crippen LogP contribution in [0.3, 0.4) is 0 Å². The van der Waals surface area contributed by atoms with E-state index < -0.39 is 0 Å². The quantitative estimate of drug-likeness (QED) is 0.616. The summed E-state index contributed by atoms with van der Waals surface area (Å²) in [6, 6.07) is 15.4. The van der Waals surface area contributed by atoms with Crippen molar-refractivity contribution in [3.8, 4) is 5.75 Å². The Morgan fingerprint density at radius 3 is 2.69 bits per heavy atom. The van der Waals surface area contributed by atoms with Crippen LogP contribution in [0.5, 0.6) is 5.75 Å². The molecule has 1 amide bonds. The molecule has 29 heavy (non-hydrogen) atoms. The molecule has 1 aliphatic rings. The van der Waals surface area contributed by atoms with E-state index in [2.05, 4.69) is 5.16 Å². The first-order chi connectivity index (χ1) is 14.0. The molecule has 5 nitrogen and oxygen atoms in total. The minimum absolute atomic E-state index is 0.0919. The molecule has 0 aromatic heterocycles. The lowest BCUT2D eigenvalue weighted by Crippen LogP contribution is -2.37. The summed E-state index contributed by atoms with van der Waals surface area (Å²) in [4.78, 5) is 20.4. The predicted octanol–water partition coefficient (Wildman–Crippen LogP) is 4.92. The third-order valence-electron chi connectivity index (χ3n) is 4.83. The van der Waals surface area contributed by atoms with Crippen LogP contribution in [0.1, 0.15) is 37.8 Å². The van der Waals surface area contributed by atoms with E-state index in [1.54, 1.807) is 7.11 Å². The van der Waals surface area contributed by atoms with Crippen molar-refractivity contribution < 1.29 is 14.4 Å². The summed E-state index contributed by atoms with van der Waals surface area (Å²) in [5.74, 6) is 1.13. The molecule has 6 heteroatoms. The Morgan fingerprint density at radius 2 is 1.97 bits per heavy atom. The fraction of sp³-hybridized carbons (Fsp3) is 0.391. The molecule has 0 unspecified atom stereocenters. The van der Waals surface area contributed by atoms with Crippen molar-refractivity contribution in [2.75, 3.05) is 13.7 Å². The van der Waals surface area contributed by atoms with Gasteiger partial charge in [0.15, 0.2) is 6.10 Å². The largest absolute Gasteiger partial charge is 0.496 e. The third-order valence-corrected chi connectivity index (χ3v) is 5.20. The summed E-state index contributed by atoms with van der Waals surface area (Å²) in [6.07, 6.45) is 0.902. The molecule has 1 aliphatic heterocycles. The Kier molecular flexibility index (Phi) is 7.15. The smallest absolute Gasteiger partial charge is 0.223 e. The van der Waals surface area contributed by atoms with E-state index in [1.807, 2.05) is 67.3 Å². The number of methoxy groups -OCH3 is 1. The number of hydrogen-bond donors (Lipinski definition) is 0. The van der Waals surface area contributed by atoms with Crippen molar-refractivity contribution >= 4 is 23.2 Å². The standard InChI is InChI=1S/C23H27ClN2O3/c1-16(2)12-23(27)26(14-17-8-4-6-10-20(17)24)15-18-13-21(25-29-18)19-9-5-7-11-22(19)28-3/h4-11,16,18H,12-15H2,1-3H3/t18-/m1/s1. The van der Waals surface area contributed by atoms with E-state index in [-0.39, 0.29) is 17.9 Å². The van der Waals surface area contributed by atoms with Crippen LogP contribution in [-0.4, -0.2) is 36.3 Å². The Bertz CT molecular complexity index is 882. The van der Waals surface area contributed by atoms with Gasteiger partial charge < -0.3 is 14.5 Å². The zero-order valence-corrected chi connectivity index (χ0v) is 17.9. The molecular formula is C23H27ClN2O3. The molecule has 1 atom stereocenters. The lowest BCUT2D eigenvalue weighted by Gasteiger charge is -2.26. The van der Waals surface area contributed by atoms with Gasteiger partial charge in [0.1, 0.15) is 5.75 Å². The van der Waals surface area contributed by atoms with E-state index in [0.717, 1.165) is 22.6 Å². The van der Waals surface area contributed by atoms with Crippen LogP contribution in [-0.2, 0) is 16.2 Å². The molecule has 0 saturated heterocycles. The Hall–Kier alpha value is -2.53. The maximum Gasteiger partial charge on any atom is 0.223 e. The van der Waals surface area contributed by atoms with Crippen LogP contribution in [0.25, 0.3) is 0 Å². The number of carbonyl (C=O) groups excluding carboxylic acids is 1. The van der Waals surface area contributed by atoms with Gasteiger partial charge in [0.25, 0.3) is 0 Å². The first kappa shape index (κ1) is 21.2. The normalized spacial score (nSPS) is 15.8. The predicted molar refractivity (Wildman–Crippen MR) is 115 cm³/mol. The average molecular weight is 415 g/mol. The van der Waals surface area contributed by atoms with Crippen LogP contribution in [0.2, 0.25) is 5.02 Å². The van der Waals surface area contributed by atoms with Gasteiger partial charge in [-0.15, -0.1) is 0 Å². The number of halogens is 1. The number of oxime groups is 1. The van der Waals surface area contributed by atoms with Crippen molar-refractivity contribution in [2.24, 2.45) is 11.1 Å². The third kappa shape index (κ3) is 5.51. The van der Waals surface area contributed by atoms with Crippen molar-refractivity contribution in [3.05, 3.63) is 64.7 Å². The van der Waals surface area contributed by atoms with E-state index in [9.17, 15) is 4.79 Å². The van der Waals surface area contributed by atoms with Crippen molar-refractivity contribution in [1.29, 1.82) is 0 Å². The number of ether oxygens (including phenoxy) is 1. The van der Waals surface area contributed by atoms with E-state index in [0.29, 0.717) is 31.0 Å². The zero-order chi connectivity index (χ0) is 20.8. The van der Waals surface area contributed by atoms with Gasteiger partial charge in [-0.1, -0.05) is 60.9 Å². The molecule has 154 valence electrons. The van der Waals surface area contributed by atoms with E-state index in [4.69, 9.17) is 21.2 Å². The molecule has 0 spiro atoms. The highest BCUT2D eigenvalue weighted by Gasteiger charge is 2.28. The first-order valence-corrected chi connectivity index (χ1v) is 10.2. The Balaban J connectivity index is 1.71. The fourth-order valence-corrected chi connectivity index (χ4v) is 3.57. The molecule has 0 fully saturated rings. The maximum atomic E-state index is 12.9. The van der Waals surface area contributed by atoms with Crippen molar-refractivity contribution in [3.63, 3.8) is 0 Å². The summed E-state index contributed by atoms with van der Waals surface area (Å²) in [7, 11) is 1.64. The monoisotopic (exact) mass is 414 g/mol. The summed E-state index contributed by atoms with van der Waals surface area (Å²) in [6.45, 7) is 5.00. The van der Waals surface area contributed by atoms with Crippen LogP contribution in [0.15, 0.2) is 53.7 Å². The second-order valence-electron chi connectivity index (χ2n) is 7.63. The highest BCUT2D eigenvalue weighted by molar-refractivity contribution is 6.31. The van der Waals surface area contributed by atoms with E-state index in [1.165, 1.54) is 0 Å². The molecule has 0 N–H and O–H groups in total. The number of amides is 1.